The number of fused-ring (bicyclic) bond motifs is 1. The van der Waals surface area contributed by atoms with Crippen LogP contribution in [0.1, 0.15) is 0 Å². The number of nitrogens with two attached hydrogens (primary N) is 1. The van der Waals surface area contributed by atoms with Crippen molar-refractivity contribution < 1.29 is 13.2 Å². The Morgan fingerprint density at radius 1 is 0.814 bits per heavy atom. The number of carbonyl (C=O) groups excluding carboxylic acids is 1. The van der Waals surface area contributed by atoms with Crippen molar-refractivity contribution in [1.29, 1.82) is 0 Å². The van der Waals surface area contributed by atoms with Gasteiger partial charge in [0, 0.05) is 26.1 Å². The van der Waals surface area contributed by atoms with E-state index in [1.54, 1.807) is 36.4 Å². The number of urea groups is 1. The molecule has 0 atom stereocenters. The Morgan fingerprint density at radius 3 is 2.21 bits per heavy atom. The summed E-state index contributed by atoms with van der Waals surface area (Å²) in [5.74, 6) is 0.130. The highest BCUT2D eigenvalue weighted by Crippen LogP contribution is 2.36. The van der Waals surface area contributed by atoms with Crippen molar-refractivity contribution in [3.05, 3.63) is 72.0 Å². The molecule has 5 rings (SSSR count). The van der Waals surface area contributed by atoms with Crippen LogP contribution < -0.4 is 21.7 Å². The average Bonchev–Trinajstić information content (AvgIpc) is 2.92. The first-order valence-corrected chi connectivity index (χ1v) is 14.9. The number of amides is 2. The second kappa shape index (κ2) is 13.0. The van der Waals surface area contributed by atoms with E-state index in [1.807, 2.05) is 18.2 Å². The molecule has 0 aliphatic carbocycles. The van der Waals surface area contributed by atoms with Crippen LogP contribution >= 0.6 is 49.5 Å². The Balaban J connectivity index is 1.41. The van der Waals surface area contributed by atoms with Gasteiger partial charge in [-0.2, -0.15) is 15.0 Å². The van der Waals surface area contributed by atoms with E-state index < -0.39 is 16.7 Å². The van der Waals surface area contributed by atoms with Gasteiger partial charge in [-0.15, -0.1) is 48.1 Å². The first-order chi connectivity index (χ1) is 20.5. The van der Waals surface area contributed by atoms with Gasteiger partial charge in [0.1, 0.15) is 5.69 Å². The third kappa shape index (κ3) is 7.66. The number of nitrogens with zero attached hydrogens (tertiary/aromatic N) is 5. The van der Waals surface area contributed by atoms with Crippen molar-refractivity contribution in [2.24, 2.45) is 16.0 Å². The summed E-state index contributed by atoms with van der Waals surface area (Å²) in [7, 11) is -2.77. The number of anilines is 5. The van der Waals surface area contributed by atoms with E-state index in [4.69, 9.17) is 17.3 Å². The number of primary amides is 1. The fraction of sp³-hybridized carbons (Fsp3) is 0. The van der Waals surface area contributed by atoms with E-state index in [9.17, 15) is 13.2 Å². The summed E-state index contributed by atoms with van der Waals surface area (Å²) in [6.07, 6.45) is 0. The second-order valence-electron chi connectivity index (χ2n) is 8.76. The number of azo groups is 1. The fourth-order valence-corrected chi connectivity index (χ4v) is 5.46. The molecule has 218 valence electrons. The quantitative estimate of drug-likeness (QED) is 0.0649. The first-order valence-electron chi connectivity index (χ1n) is 12.0. The number of hydrogen-bond acceptors (Lipinski definition) is 13. The van der Waals surface area contributed by atoms with Crippen molar-refractivity contribution in [1.82, 2.24) is 15.0 Å². The summed E-state index contributed by atoms with van der Waals surface area (Å²) < 4.78 is 22.6. The zero-order valence-electron chi connectivity index (χ0n) is 21.6. The molecule has 43 heavy (non-hydrogen) atoms. The predicted molar refractivity (Wildman–Crippen MR) is 176 cm³/mol. The summed E-state index contributed by atoms with van der Waals surface area (Å²) in [4.78, 5) is 26.3. The molecule has 12 nitrogen and oxygen atoms in total. The molecule has 2 amide bonds. The minimum atomic E-state index is -2.77. The van der Waals surface area contributed by atoms with Crippen molar-refractivity contribution >= 4 is 117 Å². The van der Waals surface area contributed by atoms with Crippen molar-refractivity contribution in [3.8, 4) is 0 Å². The average molecular weight is 670 g/mol. The first kappa shape index (κ1) is 30.4. The Labute approximate surface area is 267 Å². The molecule has 1 heterocycles. The molecule has 0 aliphatic rings. The minimum absolute atomic E-state index is 0.0644. The van der Waals surface area contributed by atoms with Gasteiger partial charge in [0.05, 0.1) is 16.3 Å². The van der Waals surface area contributed by atoms with Crippen molar-refractivity contribution in [2.45, 2.75) is 19.6 Å². The molecule has 1 aromatic heterocycles. The highest BCUT2D eigenvalue weighted by Gasteiger charge is 2.11. The van der Waals surface area contributed by atoms with E-state index in [0.29, 0.717) is 27.6 Å². The molecule has 0 radical (unpaired) electrons. The van der Waals surface area contributed by atoms with Crippen LogP contribution in [0, 0.1) is 0 Å². The van der Waals surface area contributed by atoms with Crippen LogP contribution in [0.25, 0.3) is 10.8 Å². The number of aromatic nitrogens is 3. The van der Waals surface area contributed by atoms with Crippen molar-refractivity contribution in [3.63, 3.8) is 0 Å². The Hall–Kier alpha value is -4.09. The summed E-state index contributed by atoms with van der Waals surface area (Å²) in [5, 5.41) is 18.7. The number of halogens is 1. The largest absolute Gasteiger partial charge is 0.351 e. The van der Waals surface area contributed by atoms with Crippen LogP contribution in [-0.4, -0.2) is 29.4 Å². The summed E-state index contributed by atoms with van der Waals surface area (Å²) >= 11 is 19.6. The lowest BCUT2D eigenvalue weighted by atomic mass is 10.1. The van der Waals surface area contributed by atoms with Gasteiger partial charge in [0.15, 0.2) is 10.7 Å². The molecule has 5 aromatic rings. The summed E-state index contributed by atoms with van der Waals surface area (Å²) in [6.45, 7) is 0. The van der Waals surface area contributed by atoms with Gasteiger partial charge >= 0.3 is 6.03 Å². The van der Waals surface area contributed by atoms with Crippen LogP contribution in [0.15, 0.2) is 96.5 Å². The van der Waals surface area contributed by atoms with Gasteiger partial charge in [-0.05, 0) is 83.0 Å². The maximum atomic E-state index is 11.8. The zero-order chi connectivity index (χ0) is 30.7. The third-order valence-electron chi connectivity index (χ3n) is 5.71. The normalized spacial score (nSPS) is 11.3. The van der Waals surface area contributed by atoms with E-state index in [-0.39, 0.29) is 27.8 Å². The standard InChI is InChI=1S/C26H20ClN9O3S4/c27-23-32-25(29-13-2-1-3-16(8-13)43(38)39)34-26(33-23)30-14-4-5-18(19(9-14)31-24(28)37)35-36-20-11-17-12(7-22(20)42)6-15(40)10-21(17)41/h1-11,40-43H,(H3,28,31,37)(H2,29,30,32,33,34). The monoisotopic (exact) mass is 669 g/mol. The van der Waals surface area contributed by atoms with Gasteiger partial charge in [-0.3, -0.25) is 0 Å². The van der Waals surface area contributed by atoms with E-state index in [1.165, 1.54) is 12.1 Å². The molecule has 0 bridgehead atoms. The van der Waals surface area contributed by atoms with Crippen LogP contribution in [-0.2, 0) is 10.7 Å². The van der Waals surface area contributed by atoms with Gasteiger partial charge in [-0.1, -0.05) is 6.07 Å². The maximum Gasteiger partial charge on any atom is 0.316 e. The number of thiol groups is 4. The zero-order valence-corrected chi connectivity index (χ0v) is 25.9. The molecule has 0 spiro atoms. The van der Waals surface area contributed by atoms with Crippen molar-refractivity contribution in [2.75, 3.05) is 16.0 Å². The minimum Gasteiger partial charge on any atom is -0.351 e. The fourth-order valence-electron chi connectivity index (χ4n) is 3.89. The maximum absolute atomic E-state index is 11.8. The number of carbonyl (C=O) groups is 1. The molecule has 0 saturated heterocycles. The highest BCUT2D eigenvalue weighted by atomic mass is 35.5. The summed E-state index contributed by atoms with van der Waals surface area (Å²) in [5.41, 5.74) is 7.31. The number of rotatable bonds is 8. The molecule has 5 N–H and O–H groups in total. The highest BCUT2D eigenvalue weighted by molar-refractivity contribution is 7.81. The molecular weight excluding hydrogens is 650 g/mol. The summed E-state index contributed by atoms with van der Waals surface area (Å²) in [6, 6.07) is 17.5. The Kier molecular flexibility index (Phi) is 9.22. The molecule has 0 aliphatic heterocycles. The van der Waals surface area contributed by atoms with E-state index in [0.717, 1.165) is 20.6 Å². The van der Waals surface area contributed by atoms with Crippen LogP contribution in [0.5, 0.6) is 0 Å². The Morgan fingerprint density at radius 2 is 1.51 bits per heavy atom. The smallest absolute Gasteiger partial charge is 0.316 e. The number of nitrogens with one attached hydrogen (secondary N) is 3. The lowest BCUT2D eigenvalue weighted by Crippen LogP contribution is -2.19. The van der Waals surface area contributed by atoms with Crippen LogP contribution in [0.3, 0.4) is 0 Å². The van der Waals surface area contributed by atoms with Crippen LogP contribution in [0.4, 0.5) is 45.1 Å². The number of hydrogen-bond donors (Lipinski definition) is 8. The lowest BCUT2D eigenvalue weighted by molar-refractivity contribution is 0.259. The van der Waals surface area contributed by atoms with Crippen LogP contribution in [0.2, 0.25) is 5.28 Å². The Bertz CT molecular complexity index is 2000. The third-order valence-corrected chi connectivity index (χ3v) is 7.56. The number of benzene rings is 4. The topological polar surface area (TPSA) is 177 Å². The van der Waals surface area contributed by atoms with E-state index in [2.05, 4.69) is 79.0 Å². The molecule has 0 saturated carbocycles. The molecule has 0 fully saturated rings. The van der Waals surface area contributed by atoms with E-state index >= 15 is 0 Å². The SMILES string of the molecule is NC(=O)Nc1cc(Nc2nc(Cl)nc(Nc3cccc([SH](=O)=O)c3)n2)ccc1N=Nc1cc2c(S)cc(S)cc2cc1S. The molecule has 0 unspecified atom stereocenters. The molecule has 17 heteroatoms. The van der Waals surface area contributed by atoms with Gasteiger partial charge in [0.25, 0.3) is 0 Å². The van der Waals surface area contributed by atoms with Gasteiger partial charge < -0.3 is 21.7 Å². The van der Waals surface area contributed by atoms with Gasteiger partial charge in [-0.25, -0.2) is 13.2 Å². The molecular formula is C26H20ClN9O3S4. The second-order valence-corrected chi connectivity index (χ2v) is 11.6. The van der Waals surface area contributed by atoms with Gasteiger partial charge in [0.2, 0.25) is 17.2 Å². The lowest BCUT2D eigenvalue weighted by Gasteiger charge is -2.11. The predicted octanol–water partition coefficient (Wildman–Crippen LogP) is 6.91. The molecule has 4 aromatic carbocycles.